The van der Waals surface area contributed by atoms with Crippen molar-refractivity contribution in [3.05, 3.63) is 112 Å². The van der Waals surface area contributed by atoms with Gasteiger partial charge in [0.25, 0.3) is 5.91 Å². The molecule has 5 nitrogen and oxygen atoms in total. The molecule has 0 radical (unpaired) electrons. The first-order valence-electron chi connectivity index (χ1n) is 11.6. The van der Waals surface area contributed by atoms with Gasteiger partial charge in [0.2, 0.25) is 5.91 Å². The summed E-state index contributed by atoms with van der Waals surface area (Å²) in [5, 5.41) is 12.8. The number of amides is 2. The Kier molecular flexibility index (Phi) is 7.69. The van der Waals surface area contributed by atoms with Crippen molar-refractivity contribution < 1.29 is 9.59 Å². The lowest BCUT2D eigenvalue weighted by Gasteiger charge is -2.19. The number of benzene rings is 3. The zero-order chi connectivity index (χ0) is 24.8. The molecular weight excluding hydrogens is 454 g/mol. The fourth-order valence-electron chi connectivity index (χ4n) is 4.02. The Morgan fingerprint density at radius 1 is 1.00 bits per heavy atom. The number of nitrogens with one attached hydrogen (secondary N) is 1. The van der Waals surface area contributed by atoms with Gasteiger partial charge in [0.05, 0.1) is 5.25 Å². The molecule has 1 heterocycles. The summed E-state index contributed by atoms with van der Waals surface area (Å²) in [5.41, 5.74) is 4.86. The molecular formula is C29H27N3O2S. The summed E-state index contributed by atoms with van der Waals surface area (Å²) in [5.74, 6) is -0.614. The lowest BCUT2D eigenvalue weighted by atomic mass is 10.1. The van der Waals surface area contributed by atoms with Gasteiger partial charge in [-0.2, -0.15) is 5.26 Å². The Morgan fingerprint density at radius 3 is 2.37 bits per heavy atom. The monoisotopic (exact) mass is 481 g/mol. The summed E-state index contributed by atoms with van der Waals surface area (Å²) in [7, 11) is 0. The summed E-state index contributed by atoms with van der Waals surface area (Å²) in [4.78, 5) is 28.2. The molecule has 0 aliphatic carbocycles. The minimum atomic E-state index is -0.488. The number of thioether (sulfide) groups is 1. The summed E-state index contributed by atoms with van der Waals surface area (Å²) < 4.78 is 0. The zero-order valence-electron chi connectivity index (χ0n) is 19.8. The van der Waals surface area contributed by atoms with Crippen LogP contribution in [0.25, 0.3) is 0 Å². The van der Waals surface area contributed by atoms with Crippen molar-refractivity contribution in [1.82, 2.24) is 5.32 Å². The molecule has 0 bridgehead atoms. The summed E-state index contributed by atoms with van der Waals surface area (Å²) in [6.45, 7) is 4.39. The lowest BCUT2D eigenvalue weighted by Crippen LogP contribution is -2.32. The maximum absolute atomic E-state index is 13.6. The topological polar surface area (TPSA) is 73.2 Å². The average molecular weight is 482 g/mol. The van der Waals surface area contributed by atoms with E-state index in [9.17, 15) is 14.9 Å². The summed E-state index contributed by atoms with van der Waals surface area (Å²) in [6.07, 6.45) is 1.40. The molecule has 1 aliphatic rings. The van der Waals surface area contributed by atoms with Gasteiger partial charge in [-0.05, 0) is 48.6 Å². The minimum Gasteiger partial charge on any atom is -0.347 e. The molecule has 1 aliphatic heterocycles. The highest BCUT2D eigenvalue weighted by atomic mass is 32.2. The largest absolute Gasteiger partial charge is 0.347 e. The van der Waals surface area contributed by atoms with E-state index in [4.69, 9.17) is 0 Å². The van der Waals surface area contributed by atoms with Crippen LogP contribution >= 0.6 is 11.8 Å². The van der Waals surface area contributed by atoms with Crippen LogP contribution in [0.5, 0.6) is 0 Å². The van der Waals surface area contributed by atoms with Gasteiger partial charge in [0.1, 0.15) is 16.7 Å². The Morgan fingerprint density at radius 2 is 1.71 bits per heavy atom. The van der Waals surface area contributed by atoms with Crippen molar-refractivity contribution in [3.8, 4) is 6.07 Å². The third-order valence-electron chi connectivity index (χ3n) is 5.91. The van der Waals surface area contributed by atoms with Gasteiger partial charge < -0.3 is 5.32 Å². The van der Waals surface area contributed by atoms with Gasteiger partial charge in [-0.25, -0.2) is 0 Å². The first-order valence-corrected chi connectivity index (χ1v) is 12.5. The normalized spacial score (nSPS) is 16.7. The molecule has 2 amide bonds. The number of rotatable bonds is 7. The molecule has 3 aromatic rings. The summed E-state index contributed by atoms with van der Waals surface area (Å²) >= 11 is 1.29. The Labute approximate surface area is 210 Å². The van der Waals surface area contributed by atoms with E-state index in [1.165, 1.54) is 16.7 Å². The van der Waals surface area contributed by atoms with Crippen LogP contribution in [-0.2, 0) is 29.0 Å². The molecule has 0 aromatic heterocycles. The van der Waals surface area contributed by atoms with Crippen molar-refractivity contribution in [2.24, 2.45) is 0 Å². The first kappa shape index (κ1) is 24.3. The van der Waals surface area contributed by atoms with Crippen LogP contribution < -0.4 is 10.2 Å². The van der Waals surface area contributed by atoms with E-state index in [0.29, 0.717) is 23.7 Å². The van der Waals surface area contributed by atoms with E-state index < -0.39 is 11.2 Å². The van der Waals surface area contributed by atoms with Crippen molar-refractivity contribution in [1.29, 1.82) is 5.26 Å². The number of carbonyl (C=O) groups excluding carboxylic acids is 2. The fourth-order valence-corrected chi connectivity index (χ4v) is 5.33. The number of aryl methyl sites for hydroxylation is 2. The number of hydrogen-bond donors (Lipinski definition) is 1. The zero-order valence-corrected chi connectivity index (χ0v) is 20.6. The molecule has 0 saturated carbocycles. The highest BCUT2D eigenvalue weighted by molar-refractivity contribution is 8.05. The SMILES string of the molecule is CCc1ccc(N2C(=O)C(Cc3cccc(C)c3)S/C2=C(/C#N)C(=O)NCc2ccccc2)cc1. The van der Waals surface area contributed by atoms with Crippen molar-refractivity contribution in [2.45, 2.75) is 38.5 Å². The number of nitriles is 1. The predicted octanol–water partition coefficient (Wildman–Crippen LogP) is 5.30. The number of carbonyl (C=O) groups is 2. The third kappa shape index (κ3) is 5.64. The van der Waals surface area contributed by atoms with Crippen LogP contribution in [0.3, 0.4) is 0 Å². The van der Waals surface area contributed by atoms with E-state index in [0.717, 1.165) is 28.7 Å². The Bertz CT molecular complexity index is 1290. The van der Waals surface area contributed by atoms with Gasteiger partial charge in [-0.3, -0.25) is 14.5 Å². The quantitative estimate of drug-likeness (QED) is 0.367. The molecule has 176 valence electrons. The van der Waals surface area contributed by atoms with Crippen molar-refractivity contribution >= 4 is 29.3 Å². The highest BCUT2D eigenvalue weighted by Crippen LogP contribution is 2.42. The molecule has 1 saturated heterocycles. The van der Waals surface area contributed by atoms with Gasteiger partial charge in [0.15, 0.2) is 0 Å². The van der Waals surface area contributed by atoms with Crippen LogP contribution in [0.15, 0.2) is 89.5 Å². The second-order valence-electron chi connectivity index (χ2n) is 8.45. The lowest BCUT2D eigenvalue weighted by molar-refractivity contribution is -0.117. The number of anilines is 1. The average Bonchev–Trinajstić information content (AvgIpc) is 3.19. The van der Waals surface area contributed by atoms with Crippen molar-refractivity contribution in [2.75, 3.05) is 4.90 Å². The van der Waals surface area contributed by atoms with E-state index in [1.807, 2.05) is 79.7 Å². The van der Waals surface area contributed by atoms with Crippen LogP contribution in [0.4, 0.5) is 5.69 Å². The van der Waals surface area contributed by atoms with E-state index in [-0.39, 0.29) is 11.5 Å². The van der Waals surface area contributed by atoms with E-state index in [2.05, 4.69) is 24.4 Å². The Balaban J connectivity index is 1.67. The van der Waals surface area contributed by atoms with Gasteiger partial charge in [0, 0.05) is 12.2 Å². The molecule has 4 rings (SSSR count). The van der Waals surface area contributed by atoms with Crippen molar-refractivity contribution in [3.63, 3.8) is 0 Å². The Hall–Kier alpha value is -3.82. The van der Waals surface area contributed by atoms with Gasteiger partial charge in [-0.1, -0.05) is 91.0 Å². The van der Waals surface area contributed by atoms with E-state index >= 15 is 0 Å². The highest BCUT2D eigenvalue weighted by Gasteiger charge is 2.40. The molecule has 6 heteroatoms. The van der Waals surface area contributed by atoms with Crippen LogP contribution in [0.2, 0.25) is 0 Å². The minimum absolute atomic E-state index is 0.0504. The molecule has 1 fully saturated rings. The van der Waals surface area contributed by atoms with E-state index in [1.54, 1.807) is 0 Å². The molecule has 3 aromatic carbocycles. The molecule has 0 spiro atoms. The smallest absolute Gasteiger partial charge is 0.264 e. The number of hydrogen-bond acceptors (Lipinski definition) is 4. The van der Waals surface area contributed by atoms with Crippen LogP contribution in [-0.4, -0.2) is 17.1 Å². The molecule has 1 unspecified atom stereocenters. The van der Waals surface area contributed by atoms with Crippen LogP contribution in [0, 0.1) is 18.3 Å². The van der Waals surface area contributed by atoms with Gasteiger partial charge >= 0.3 is 0 Å². The van der Waals surface area contributed by atoms with Gasteiger partial charge in [-0.15, -0.1) is 0 Å². The standard InChI is InChI=1S/C29H27N3O2S/c1-3-21-12-14-24(15-13-21)32-28(34)26(17-23-11-7-8-20(2)16-23)35-29(32)25(18-30)27(33)31-19-22-9-5-4-6-10-22/h4-16,26H,3,17,19H2,1-2H3,(H,31,33)/b29-25-. The second kappa shape index (κ2) is 11.1. The third-order valence-corrected chi connectivity index (χ3v) is 7.17. The first-order chi connectivity index (χ1) is 17.0. The van der Waals surface area contributed by atoms with Crippen LogP contribution in [0.1, 0.15) is 29.2 Å². The second-order valence-corrected chi connectivity index (χ2v) is 9.64. The molecule has 1 N–H and O–H groups in total. The maximum Gasteiger partial charge on any atom is 0.264 e. The number of nitrogens with zero attached hydrogens (tertiary/aromatic N) is 2. The predicted molar refractivity (Wildman–Crippen MR) is 140 cm³/mol. The summed E-state index contributed by atoms with van der Waals surface area (Å²) in [6, 6.07) is 27.4. The maximum atomic E-state index is 13.6. The fraction of sp³-hybridized carbons (Fsp3) is 0.207. The molecule has 1 atom stereocenters. The molecule has 35 heavy (non-hydrogen) atoms.